The summed E-state index contributed by atoms with van der Waals surface area (Å²) in [5.41, 5.74) is 1.28. The fourth-order valence-corrected chi connectivity index (χ4v) is 3.43. The van der Waals surface area contributed by atoms with Crippen LogP contribution in [0, 0.1) is 0 Å². The first kappa shape index (κ1) is 14.9. The van der Waals surface area contributed by atoms with E-state index in [-0.39, 0.29) is 11.9 Å². The van der Waals surface area contributed by atoms with Gasteiger partial charge in [0.25, 0.3) is 11.8 Å². The minimum atomic E-state index is -0.134. The molecule has 0 aromatic carbocycles. The van der Waals surface area contributed by atoms with Gasteiger partial charge in [-0.15, -0.1) is 11.3 Å². The van der Waals surface area contributed by atoms with Crippen molar-refractivity contribution in [2.75, 3.05) is 0 Å². The summed E-state index contributed by atoms with van der Waals surface area (Å²) in [4.78, 5) is 24.9. The van der Waals surface area contributed by atoms with Crippen LogP contribution >= 0.6 is 11.3 Å². The SMILES string of the molecule is O=C(NC1CCCC1)c1nc(-c2nc(-c3cccnc3)no2)cs1. The molecule has 3 aromatic heterocycles. The molecule has 122 valence electrons. The van der Waals surface area contributed by atoms with Crippen LogP contribution in [0.2, 0.25) is 0 Å². The molecule has 8 heteroatoms. The molecule has 1 aliphatic carbocycles. The Hall–Kier alpha value is -2.61. The van der Waals surface area contributed by atoms with Gasteiger partial charge in [0.2, 0.25) is 5.82 Å². The first-order valence-corrected chi connectivity index (χ1v) is 8.68. The molecule has 3 heterocycles. The molecule has 0 saturated heterocycles. The molecule has 4 rings (SSSR count). The number of pyridine rings is 1. The summed E-state index contributed by atoms with van der Waals surface area (Å²) in [5, 5.41) is 9.13. The molecule has 0 radical (unpaired) electrons. The van der Waals surface area contributed by atoms with Crippen molar-refractivity contribution in [1.29, 1.82) is 0 Å². The molecule has 1 aliphatic rings. The third kappa shape index (κ3) is 3.05. The van der Waals surface area contributed by atoms with Crippen LogP contribution in [0.15, 0.2) is 34.4 Å². The van der Waals surface area contributed by atoms with E-state index in [2.05, 4.69) is 25.4 Å². The predicted octanol–water partition coefficient (Wildman–Crippen LogP) is 2.93. The normalized spacial score (nSPS) is 14.8. The van der Waals surface area contributed by atoms with Crippen molar-refractivity contribution in [1.82, 2.24) is 25.4 Å². The maximum atomic E-state index is 12.2. The average molecular weight is 341 g/mol. The molecule has 1 amide bonds. The highest BCUT2D eigenvalue weighted by atomic mass is 32.1. The van der Waals surface area contributed by atoms with Crippen LogP contribution < -0.4 is 5.32 Å². The number of hydrogen-bond donors (Lipinski definition) is 1. The largest absolute Gasteiger partial charge is 0.347 e. The van der Waals surface area contributed by atoms with Crippen LogP contribution in [0.25, 0.3) is 23.0 Å². The molecule has 24 heavy (non-hydrogen) atoms. The van der Waals surface area contributed by atoms with E-state index in [1.54, 1.807) is 23.8 Å². The van der Waals surface area contributed by atoms with Gasteiger partial charge in [0.15, 0.2) is 5.01 Å². The molecule has 1 saturated carbocycles. The topological polar surface area (TPSA) is 93.8 Å². The van der Waals surface area contributed by atoms with Gasteiger partial charge in [-0.3, -0.25) is 9.78 Å². The lowest BCUT2D eigenvalue weighted by atomic mass is 10.2. The van der Waals surface area contributed by atoms with Crippen molar-refractivity contribution in [2.45, 2.75) is 31.7 Å². The number of carbonyl (C=O) groups excluding carboxylic acids is 1. The van der Waals surface area contributed by atoms with E-state index >= 15 is 0 Å². The Morgan fingerprint density at radius 2 is 2.17 bits per heavy atom. The van der Waals surface area contributed by atoms with Gasteiger partial charge in [-0.1, -0.05) is 18.0 Å². The summed E-state index contributed by atoms with van der Waals surface area (Å²) in [6, 6.07) is 3.92. The Morgan fingerprint density at radius 1 is 1.29 bits per heavy atom. The maximum absolute atomic E-state index is 12.2. The highest BCUT2D eigenvalue weighted by Gasteiger charge is 2.21. The second kappa shape index (κ2) is 6.48. The standard InChI is InChI=1S/C16H15N5O2S/c22-14(18-11-5-1-2-6-11)16-19-12(9-24-16)15-20-13(21-23-15)10-4-3-7-17-8-10/h3-4,7-9,11H,1-2,5-6H2,(H,18,22). The molecule has 1 N–H and O–H groups in total. The number of carbonyl (C=O) groups is 1. The van der Waals surface area contributed by atoms with Gasteiger partial charge < -0.3 is 9.84 Å². The Morgan fingerprint density at radius 3 is 2.96 bits per heavy atom. The molecular formula is C16H15N5O2S. The second-order valence-corrected chi connectivity index (χ2v) is 6.52. The third-order valence-corrected chi connectivity index (χ3v) is 4.79. The Kier molecular flexibility index (Phi) is 4.04. The Labute approximate surface area is 142 Å². The zero-order valence-corrected chi connectivity index (χ0v) is 13.6. The number of hydrogen-bond acceptors (Lipinski definition) is 7. The van der Waals surface area contributed by atoms with Crippen molar-refractivity contribution in [3.8, 4) is 23.0 Å². The molecule has 0 unspecified atom stereocenters. The van der Waals surface area contributed by atoms with Gasteiger partial charge in [0.05, 0.1) is 0 Å². The number of nitrogens with zero attached hydrogens (tertiary/aromatic N) is 4. The summed E-state index contributed by atoms with van der Waals surface area (Å²) in [6.45, 7) is 0. The van der Waals surface area contributed by atoms with Crippen molar-refractivity contribution in [2.24, 2.45) is 0 Å². The summed E-state index contributed by atoms with van der Waals surface area (Å²) < 4.78 is 5.26. The third-order valence-electron chi connectivity index (χ3n) is 3.95. The molecule has 1 fully saturated rings. The van der Waals surface area contributed by atoms with Crippen molar-refractivity contribution in [3.05, 3.63) is 34.9 Å². The van der Waals surface area contributed by atoms with E-state index in [0.717, 1.165) is 18.4 Å². The number of rotatable bonds is 4. The van der Waals surface area contributed by atoms with Crippen molar-refractivity contribution >= 4 is 17.2 Å². The molecule has 3 aromatic rings. The van der Waals surface area contributed by atoms with Crippen molar-refractivity contribution < 1.29 is 9.32 Å². The van der Waals surface area contributed by atoms with Gasteiger partial charge >= 0.3 is 0 Å². The van der Waals surface area contributed by atoms with Crippen LogP contribution in [-0.4, -0.2) is 32.1 Å². The van der Waals surface area contributed by atoms with Crippen molar-refractivity contribution in [3.63, 3.8) is 0 Å². The molecule has 0 bridgehead atoms. The van der Waals surface area contributed by atoms with Gasteiger partial charge in [-0.25, -0.2) is 4.98 Å². The number of thiazole rings is 1. The number of amides is 1. The Balaban J connectivity index is 1.50. The lowest BCUT2D eigenvalue weighted by Gasteiger charge is -2.09. The predicted molar refractivity (Wildman–Crippen MR) is 88.4 cm³/mol. The lowest BCUT2D eigenvalue weighted by Crippen LogP contribution is -2.32. The summed E-state index contributed by atoms with van der Waals surface area (Å²) in [7, 11) is 0. The quantitative estimate of drug-likeness (QED) is 0.784. The monoisotopic (exact) mass is 341 g/mol. The van der Waals surface area contributed by atoms with E-state index in [0.29, 0.717) is 22.4 Å². The van der Waals surface area contributed by atoms with E-state index < -0.39 is 0 Å². The average Bonchev–Trinajstić information content (AvgIpc) is 3.36. The van der Waals surface area contributed by atoms with Gasteiger partial charge in [-0.2, -0.15) is 4.98 Å². The Bertz CT molecular complexity index is 839. The van der Waals surface area contributed by atoms with Gasteiger partial charge in [0, 0.05) is 29.4 Å². The molecule has 0 aliphatic heterocycles. The van der Waals surface area contributed by atoms with Crippen LogP contribution in [-0.2, 0) is 0 Å². The van der Waals surface area contributed by atoms with Gasteiger partial charge in [0.1, 0.15) is 5.69 Å². The summed E-state index contributed by atoms with van der Waals surface area (Å²) in [6.07, 6.45) is 7.78. The van der Waals surface area contributed by atoms with E-state index in [9.17, 15) is 4.79 Å². The van der Waals surface area contributed by atoms with Gasteiger partial charge in [-0.05, 0) is 25.0 Å². The summed E-state index contributed by atoms with van der Waals surface area (Å²) in [5.74, 6) is 0.609. The molecule has 7 nitrogen and oxygen atoms in total. The van der Waals surface area contributed by atoms with Crippen LogP contribution in [0.3, 0.4) is 0 Å². The minimum absolute atomic E-state index is 0.134. The summed E-state index contributed by atoms with van der Waals surface area (Å²) >= 11 is 1.28. The highest BCUT2D eigenvalue weighted by molar-refractivity contribution is 7.12. The smallest absolute Gasteiger partial charge is 0.280 e. The van der Waals surface area contributed by atoms with Crippen LogP contribution in [0.1, 0.15) is 35.5 Å². The first-order valence-electron chi connectivity index (χ1n) is 7.80. The number of aromatic nitrogens is 4. The van der Waals surface area contributed by atoms with Crippen LogP contribution in [0.4, 0.5) is 0 Å². The lowest BCUT2D eigenvalue weighted by molar-refractivity contribution is 0.0937. The van der Waals surface area contributed by atoms with E-state index in [1.807, 2.05) is 6.07 Å². The van der Waals surface area contributed by atoms with Crippen LogP contribution in [0.5, 0.6) is 0 Å². The number of nitrogens with one attached hydrogen (secondary N) is 1. The fraction of sp³-hybridized carbons (Fsp3) is 0.312. The zero-order chi connectivity index (χ0) is 16.4. The van der Waals surface area contributed by atoms with E-state index in [1.165, 1.54) is 24.2 Å². The van der Waals surface area contributed by atoms with E-state index in [4.69, 9.17) is 4.52 Å². The second-order valence-electron chi connectivity index (χ2n) is 5.66. The maximum Gasteiger partial charge on any atom is 0.280 e. The molecule has 0 atom stereocenters. The fourth-order valence-electron chi connectivity index (χ4n) is 2.73. The molecule has 0 spiro atoms. The minimum Gasteiger partial charge on any atom is -0.347 e. The zero-order valence-electron chi connectivity index (χ0n) is 12.8. The first-order chi connectivity index (χ1) is 11.8. The highest BCUT2D eigenvalue weighted by Crippen LogP contribution is 2.24. The molecular weight excluding hydrogens is 326 g/mol.